The summed E-state index contributed by atoms with van der Waals surface area (Å²) in [7, 11) is 0. The second-order valence-corrected chi connectivity index (χ2v) is 1.32. The van der Waals surface area contributed by atoms with Crippen molar-refractivity contribution in [3.05, 3.63) is 0 Å². The maximum Gasteiger partial charge on any atom is 0.0466 e. The molecular formula is C4H12FNO. The summed E-state index contributed by atoms with van der Waals surface area (Å²) in [5.41, 5.74) is 0. The Balaban J connectivity index is 0. The van der Waals surface area contributed by atoms with Gasteiger partial charge in [0.05, 0.1) is 0 Å². The van der Waals surface area contributed by atoms with Gasteiger partial charge in [-0.3, -0.25) is 4.70 Å². The standard InChI is InChI=1S/C4H8O.FH.H3N/c1-2-4-5-3-1;;/h1-4H2;1H;1H3. The molecule has 46 valence electrons. The normalized spacial score (nSPS) is 17.1. The minimum Gasteiger partial charge on any atom is -0.381 e. The third-order valence-corrected chi connectivity index (χ3v) is 0.827. The molecule has 1 rings (SSSR count). The summed E-state index contributed by atoms with van der Waals surface area (Å²) in [4.78, 5) is 0. The van der Waals surface area contributed by atoms with Gasteiger partial charge in [0.2, 0.25) is 0 Å². The monoisotopic (exact) mass is 109 g/mol. The Kier molecular flexibility index (Phi) is 8.33. The van der Waals surface area contributed by atoms with Crippen molar-refractivity contribution < 1.29 is 9.44 Å². The molecule has 0 aliphatic carbocycles. The fourth-order valence-corrected chi connectivity index (χ4v) is 0.510. The van der Waals surface area contributed by atoms with E-state index in [1.165, 1.54) is 12.8 Å². The molecule has 0 radical (unpaired) electrons. The Hall–Kier alpha value is -0.150. The van der Waals surface area contributed by atoms with Gasteiger partial charge in [0.25, 0.3) is 0 Å². The minimum absolute atomic E-state index is 0. The summed E-state index contributed by atoms with van der Waals surface area (Å²) in [5.74, 6) is 0. The molecule has 1 heterocycles. The summed E-state index contributed by atoms with van der Waals surface area (Å²) in [6.07, 6.45) is 2.56. The molecule has 3 heteroatoms. The fraction of sp³-hybridized carbons (Fsp3) is 1.00. The molecule has 1 aliphatic heterocycles. The Morgan fingerprint density at radius 1 is 1.00 bits per heavy atom. The van der Waals surface area contributed by atoms with E-state index in [1.54, 1.807) is 0 Å². The number of halogens is 1. The van der Waals surface area contributed by atoms with Gasteiger partial charge in [0.1, 0.15) is 0 Å². The van der Waals surface area contributed by atoms with Crippen LogP contribution >= 0.6 is 0 Å². The van der Waals surface area contributed by atoms with Gasteiger partial charge in [-0.15, -0.1) is 0 Å². The number of hydrogen-bond donors (Lipinski definition) is 1. The van der Waals surface area contributed by atoms with Crippen LogP contribution in [-0.2, 0) is 4.74 Å². The molecule has 2 nitrogen and oxygen atoms in total. The molecule has 0 spiro atoms. The highest BCUT2D eigenvalue weighted by atomic mass is 19.0. The first-order valence-electron chi connectivity index (χ1n) is 2.08. The Bertz CT molecular complexity index is 23.3. The van der Waals surface area contributed by atoms with E-state index in [1.807, 2.05) is 0 Å². The Morgan fingerprint density at radius 2 is 1.43 bits per heavy atom. The molecule has 0 amide bonds. The largest absolute Gasteiger partial charge is 0.381 e. The average molecular weight is 109 g/mol. The van der Waals surface area contributed by atoms with Crippen LogP contribution in [-0.4, -0.2) is 13.2 Å². The van der Waals surface area contributed by atoms with E-state index in [9.17, 15) is 0 Å². The van der Waals surface area contributed by atoms with Gasteiger partial charge in [-0.2, -0.15) is 0 Å². The van der Waals surface area contributed by atoms with Gasteiger partial charge in [-0.05, 0) is 12.8 Å². The number of rotatable bonds is 0. The topological polar surface area (TPSA) is 44.2 Å². The Morgan fingerprint density at radius 3 is 1.57 bits per heavy atom. The lowest BCUT2D eigenvalue weighted by Gasteiger charge is -1.76. The van der Waals surface area contributed by atoms with Crippen molar-refractivity contribution in [3.8, 4) is 0 Å². The van der Waals surface area contributed by atoms with E-state index in [2.05, 4.69) is 0 Å². The van der Waals surface area contributed by atoms with E-state index in [0.717, 1.165) is 13.2 Å². The SMILES string of the molecule is C1CCOC1.F.N. The van der Waals surface area contributed by atoms with Crippen molar-refractivity contribution in [2.75, 3.05) is 13.2 Å². The lowest BCUT2D eigenvalue weighted by Crippen LogP contribution is -1.74. The molecule has 0 atom stereocenters. The van der Waals surface area contributed by atoms with E-state index in [4.69, 9.17) is 4.74 Å². The van der Waals surface area contributed by atoms with Crippen LogP contribution in [0.3, 0.4) is 0 Å². The van der Waals surface area contributed by atoms with E-state index in [-0.39, 0.29) is 10.9 Å². The molecule has 0 aromatic rings. The van der Waals surface area contributed by atoms with Gasteiger partial charge in [0, 0.05) is 13.2 Å². The number of hydrogen-bond acceptors (Lipinski definition) is 2. The van der Waals surface area contributed by atoms with Crippen LogP contribution in [0.25, 0.3) is 0 Å². The lowest BCUT2D eigenvalue weighted by molar-refractivity contribution is 0.198. The molecule has 0 saturated carbocycles. The summed E-state index contributed by atoms with van der Waals surface area (Å²) in [6.45, 7) is 2.00. The zero-order chi connectivity index (χ0) is 3.54. The van der Waals surface area contributed by atoms with Crippen molar-refractivity contribution in [2.24, 2.45) is 0 Å². The molecule has 0 unspecified atom stereocenters. The smallest absolute Gasteiger partial charge is 0.0466 e. The van der Waals surface area contributed by atoms with E-state index < -0.39 is 0 Å². The second-order valence-electron chi connectivity index (χ2n) is 1.32. The van der Waals surface area contributed by atoms with Crippen LogP contribution in [0.4, 0.5) is 4.70 Å². The van der Waals surface area contributed by atoms with Crippen molar-refractivity contribution in [2.45, 2.75) is 12.8 Å². The summed E-state index contributed by atoms with van der Waals surface area (Å²) in [5, 5.41) is 0. The summed E-state index contributed by atoms with van der Waals surface area (Å²) < 4.78 is 4.94. The van der Waals surface area contributed by atoms with Crippen molar-refractivity contribution >= 4 is 0 Å². The van der Waals surface area contributed by atoms with E-state index in [0.29, 0.717) is 0 Å². The van der Waals surface area contributed by atoms with Gasteiger partial charge < -0.3 is 10.9 Å². The van der Waals surface area contributed by atoms with Gasteiger partial charge in [-0.25, -0.2) is 0 Å². The molecular weight excluding hydrogens is 97.0 g/mol. The first-order valence-corrected chi connectivity index (χ1v) is 2.08. The maximum absolute atomic E-state index is 4.94. The molecule has 1 fully saturated rings. The molecule has 3 N–H and O–H groups in total. The van der Waals surface area contributed by atoms with E-state index >= 15 is 0 Å². The minimum atomic E-state index is 0. The third kappa shape index (κ3) is 3.69. The molecule has 1 saturated heterocycles. The maximum atomic E-state index is 4.94. The summed E-state index contributed by atoms with van der Waals surface area (Å²) >= 11 is 0. The van der Waals surface area contributed by atoms with Gasteiger partial charge >= 0.3 is 0 Å². The lowest BCUT2D eigenvalue weighted by atomic mass is 10.4. The first-order chi connectivity index (χ1) is 2.50. The number of ether oxygens (including phenoxy) is 1. The first kappa shape index (κ1) is 9.97. The van der Waals surface area contributed by atoms with Crippen LogP contribution in [0, 0.1) is 0 Å². The van der Waals surface area contributed by atoms with Crippen molar-refractivity contribution in [1.29, 1.82) is 0 Å². The average Bonchev–Trinajstić information content (AvgIpc) is 1.76. The zero-order valence-electron chi connectivity index (χ0n) is 4.35. The highest BCUT2D eigenvalue weighted by molar-refractivity contribution is 4.43. The fourth-order valence-electron chi connectivity index (χ4n) is 0.510. The Labute approximate surface area is 42.8 Å². The summed E-state index contributed by atoms with van der Waals surface area (Å²) in [6, 6.07) is 0. The van der Waals surface area contributed by atoms with Crippen molar-refractivity contribution in [1.82, 2.24) is 6.15 Å². The van der Waals surface area contributed by atoms with Crippen molar-refractivity contribution in [3.63, 3.8) is 0 Å². The molecule has 0 aromatic carbocycles. The second kappa shape index (κ2) is 5.85. The highest BCUT2D eigenvalue weighted by Gasteiger charge is 1.94. The van der Waals surface area contributed by atoms with Crippen LogP contribution in [0.2, 0.25) is 0 Å². The molecule has 0 aromatic heterocycles. The predicted molar refractivity (Wildman–Crippen MR) is 27.6 cm³/mol. The third-order valence-electron chi connectivity index (χ3n) is 0.827. The van der Waals surface area contributed by atoms with Crippen LogP contribution in [0.15, 0.2) is 0 Å². The zero-order valence-corrected chi connectivity index (χ0v) is 4.35. The van der Waals surface area contributed by atoms with Gasteiger partial charge in [-0.1, -0.05) is 0 Å². The molecule has 0 bridgehead atoms. The van der Waals surface area contributed by atoms with Crippen LogP contribution in [0.1, 0.15) is 12.8 Å². The van der Waals surface area contributed by atoms with Gasteiger partial charge in [0.15, 0.2) is 0 Å². The highest BCUT2D eigenvalue weighted by Crippen LogP contribution is 1.98. The molecule has 7 heavy (non-hydrogen) atoms. The molecule has 1 aliphatic rings. The predicted octanol–water partition coefficient (Wildman–Crippen LogP) is 1.11. The van der Waals surface area contributed by atoms with Crippen LogP contribution in [0.5, 0.6) is 0 Å². The quantitative estimate of drug-likeness (QED) is 0.506. The van der Waals surface area contributed by atoms with Crippen LogP contribution < -0.4 is 6.15 Å².